The maximum absolute atomic E-state index is 11.3. The van der Waals surface area contributed by atoms with Crippen molar-refractivity contribution in [2.45, 2.75) is 6.92 Å². The highest BCUT2D eigenvalue weighted by Gasteiger charge is 2.02. The highest BCUT2D eigenvalue weighted by Crippen LogP contribution is 2.21. The van der Waals surface area contributed by atoms with Gasteiger partial charge in [0.05, 0.1) is 7.11 Å². The van der Waals surface area contributed by atoms with Crippen molar-refractivity contribution >= 4 is 17.6 Å². The summed E-state index contributed by atoms with van der Waals surface area (Å²) in [6.07, 6.45) is 1.74. The second-order valence-corrected chi connectivity index (χ2v) is 3.35. The minimum Gasteiger partial charge on any atom is -0.496 e. The van der Waals surface area contributed by atoms with E-state index in [0.29, 0.717) is 5.69 Å². The molecule has 2 N–H and O–H groups in total. The summed E-state index contributed by atoms with van der Waals surface area (Å²) in [6.45, 7) is 1.85. The second-order valence-electron chi connectivity index (χ2n) is 3.35. The van der Waals surface area contributed by atoms with Gasteiger partial charge in [0, 0.05) is 17.8 Å². The van der Waals surface area contributed by atoms with Crippen molar-refractivity contribution < 1.29 is 19.4 Å². The van der Waals surface area contributed by atoms with Crippen LogP contribution in [0, 0.1) is 6.92 Å². The highest BCUT2D eigenvalue weighted by molar-refractivity contribution is 6.02. The zero-order valence-corrected chi connectivity index (χ0v) is 9.56. The Labute approximate surface area is 98.7 Å². The van der Waals surface area contributed by atoms with Crippen LogP contribution in [0.4, 0.5) is 5.69 Å². The molecule has 1 rings (SSSR count). The SMILES string of the molecule is COc1ccc(NC(=O)/C=C/C(=O)O)cc1C. The lowest BCUT2D eigenvalue weighted by atomic mass is 10.2. The molecule has 0 aliphatic rings. The van der Waals surface area contributed by atoms with Crippen LogP contribution in [0.3, 0.4) is 0 Å². The van der Waals surface area contributed by atoms with Crippen LogP contribution in [-0.4, -0.2) is 24.1 Å². The third kappa shape index (κ3) is 3.98. The molecule has 0 saturated carbocycles. The third-order valence-electron chi connectivity index (χ3n) is 2.04. The first kappa shape index (κ1) is 12.8. The minimum absolute atomic E-state index is 0.489. The van der Waals surface area contributed by atoms with Gasteiger partial charge in [0.25, 0.3) is 0 Å². The summed E-state index contributed by atoms with van der Waals surface area (Å²) in [7, 11) is 1.57. The molecule has 1 aromatic carbocycles. The molecule has 5 heteroatoms. The molecule has 0 unspecified atom stereocenters. The van der Waals surface area contributed by atoms with Crippen molar-refractivity contribution in [2.24, 2.45) is 0 Å². The number of ether oxygens (including phenoxy) is 1. The molecule has 0 atom stereocenters. The van der Waals surface area contributed by atoms with Crippen molar-refractivity contribution in [1.29, 1.82) is 0 Å². The zero-order chi connectivity index (χ0) is 12.8. The van der Waals surface area contributed by atoms with Crippen LogP contribution in [-0.2, 0) is 9.59 Å². The maximum Gasteiger partial charge on any atom is 0.328 e. The number of rotatable bonds is 4. The van der Waals surface area contributed by atoms with E-state index in [0.717, 1.165) is 23.5 Å². The number of amides is 1. The molecular formula is C12H13NO4. The summed E-state index contributed by atoms with van der Waals surface area (Å²) < 4.78 is 5.08. The first-order valence-corrected chi connectivity index (χ1v) is 4.89. The van der Waals surface area contributed by atoms with E-state index in [1.807, 2.05) is 6.92 Å². The lowest BCUT2D eigenvalue weighted by Crippen LogP contribution is -2.08. The number of nitrogens with one attached hydrogen (secondary N) is 1. The molecular weight excluding hydrogens is 222 g/mol. The number of anilines is 1. The molecule has 0 saturated heterocycles. The number of carbonyl (C=O) groups excluding carboxylic acids is 1. The number of hydrogen-bond donors (Lipinski definition) is 2. The number of carboxylic acids is 1. The van der Waals surface area contributed by atoms with Crippen molar-refractivity contribution in [3.8, 4) is 5.75 Å². The fourth-order valence-corrected chi connectivity index (χ4v) is 1.29. The number of benzene rings is 1. The van der Waals surface area contributed by atoms with E-state index in [1.54, 1.807) is 25.3 Å². The smallest absolute Gasteiger partial charge is 0.328 e. The molecule has 1 aromatic rings. The van der Waals surface area contributed by atoms with Crippen LogP contribution >= 0.6 is 0 Å². The molecule has 90 valence electrons. The molecule has 17 heavy (non-hydrogen) atoms. The Balaban J connectivity index is 2.72. The van der Waals surface area contributed by atoms with Gasteiger partial charge in [0.2, 0.25) is 5.91 Å². The second kappa shape index (κ2) is 5.69. The van der Waals surface area contributed by atoms with E-state index >= 15 is 0 Å². The Morgan fingerprint density at radius 3 is 2.59 bits per heavy atom. The number of aryl methyl sites for hydroxylation is 1. The van der Waals surface area contributed by atoms with Gasteiger partial charge in [-0.1, -0.05) is 0 Å². The van der Waals surface area contributed by atoms with Crippen LogP contribution in [0.25, 0.3) is 0 Å². The van der Waals surface area contributed by atoms with Gasteiger partial charge in [-0.3, -0.25) is 4.79 Å². The van der Waals surface area contributed by atoms with E-state index in [9.17, 15) is 9.59 Å². The van der Waals surface area contributed by atoms with Gasteiger partial charge in [-0.2, -0.15) is 0 Å². The topological polar surface area (TPSA) is 75.6 Å². The van der Waals surface area contributed by atoms with Gasteiger partial charge in [-0.25, -0.2) is 4.79 Å². The Bertz CT molecular complexity index is 466. The summed E-state index contributed by atoms with van der Waals surface area (Å²) >= 11 is 0. The summed E-state index contributed by atoms with van der Waals surface area (Å²) in [5, 5.41) is 10.9. The van der Waals surface area contributed by atoms with E-state index < -0.39 is 11.9 Å². The molecule has 0 heterocycles. The molecule has 1 amide bonds. The molecule has 0 spiro atoms. The number of carboxylic acid groups (broad SMARTS) is 1. The molecule has 0 aliphatic heterocycles. The third-order valence-corrected chi connectivity index (χ3v) is 2.04. The molecule has 5 nitrogen and oxygen atoms in total. The van der Waals surface area contributed by atoms with Gasteiger partial charge in [-0.15, -0.1) is 0 Å². The zero-order valence-electron chi connectivity index (χ0n) is 9.56. The lowest BCUT2D eigenvalue weighted by molar-refractivity contribution is -0.131. The quantitative estimate of drug-likeness (QED) is 0.777. The summed E-state index contributed by atoms with van der Waals surface area (Å²) in [4.78, 5) is 21.5. The lowest BCUT2D eigenvalue weighted by Gasteiger charge is -2.07. The Morgan fingerprint density at radius 2 is 2.06 bits per heavy atom. The number of hydrogen-bond acceptors (Lipinski definition) is 3. The summed E-state index contributed by atoms with van der Waals surface area (Å²) in [5.41, 5.74) is 1.47. The van der Waals surface area contributed by atoms with Crippen LogP contribution in [0.5, 0.6) is 5.75 Å². The highest BCUT2D eigenvalue weighted by atomic mass is 16.5. The average Bonchev–Trinajstić information content (AvgIpc) is 2.26. The molecule has 0 fully saturated rings. The molecule has 0 bridgehead atoms. The van der Waals surface area contributed by atoms with Gasteiger partial charge >= 0.3 is 5.97 Å². The van der Waals surface area contributed by atoms with E-state index in [4.69, 9.17) is 9.84 Å². The van der Waals surface area contributed by atoms with Crippen molar-refractivity contribution in [3.63, 3.8) is 0 Å². The summed E-state index contributed by atoms with van der Waals surface area (Å²) in [5.74, 6) is -0.924. The number of methoxy groups -OCH3 is 1. The van der Waals surface area contributed by atoms with Crippen LogP contribution in [0.1, 0.15) is 5.56 Å². The van der Waals surface area contributed by atoms with Crippen molar-refractivity contribution in [2.75, 3.05) is 12.4 Å². The van der Waals surface area contributed by atoms with Crippen molar-refractivity contribution in [3.05, 3.63) is 35.9 Å². The van der Waals surface area contributed by atoms with Crippen LogP contribution in [0.2, 0.25) is 0 Å². The first-order valence-electron chi connectivity index (χ1n) is 4.89. The van der Waals surface area contributed by atoms with Crippen molar-refractivity contribution in [1.82, 2.24) is 0 Å². The van der Waals surface area contributed by atoms with Gasteiger partial charge in [0.1, 0.15) is 5.75 Å². The normalized spacial score (nSPS) is 10.2. The standard InChI is InChI=1S/C12H13NO4/c1-8-7-9(3-4-10(8)17-2)13-11(14)5-6-12(15)16/h3-7H,1-2H3,(H,13,14)(H,15,16)/b6-5+. The first-order chi connectivity index (χ1) is 8.02. The largest absolute Gasteiger partial charge is 0.496 e. The molecule has 0 aliphatic carbocycles. The molecule has 0 radical (unpaired) electrons. The monoisotopic (exact) mass is 235 g/mol. The Morgan fingerprint density at radius 1 is 1.35 bits per heavy atom. The molecule has 0 aromatic heterocycles. The van der Waals surface area contributed by atoms with E-state index in [-0.39, 0.29) is 0 Å². The van der Waals surface area contributed by atoms with E-state index in [2.05, 4.69) is 5.32 Å². The summed E-state index contributed by atoms with van der Waals surface area (Å²) in [6, 6.07) is 5.15. The van der Waals surface area contributed by atoms with Gasteiger partial charge in [0.15, 0.2) is 0 Å². The minimum atomic E-state index is -1.16. The maximum atomic E-state index is 11.3. The average molecular weight is 235 g/mol. The Kier molecular flexibility index (Phi) is 4.28. The number of carbonyl (C=O) groups is 2. The predicted molar refractivity (Wildman–Crippen MR) is 63.1 cm³/mol. The van der Waals surface area contributed by atoms with Crippen LogP contribution in [0.15, 0.2) is 30.4 Å². The van der Waals surface area contributed by atoms with Gasteiger partial charge in [-0.05, 0) is 30.7 Å². The fraction of sp³-hybridized carbons (Fsp3) is 0.167. The van der Waals surface area contributed by atoms with E-state index in [1.165, 1.54) is 0 Å². The predicted octanol–water partition coefficient (Wildman–Crippen LogP) is 1.58. The van der Waals surface area contributed by atoms with Gasteiger partial charge < -0.3 is 15.2 Å². The fourth-order valence-electron chi connectivity index (χ4n) is 1.29. The van der Waals surface area contributed by atoms with Crippen LogP contribution < -0.4 is 10.1 Å². The Hall–Kier alpha value is -2.30. The number of aliphatic carboxylic acids is 1.